The molecule has 3 aromatic rings. The quantitative estimate of drug-likeness (QED) is 0.193. The number of nitrogens with zero attached hydrogens (tertiary/aromatic N) is 1. The van der Waals surface area contributed by atoms with E-state index in [0.717, 1.165) is 38.5 Å². The summed E-state index contributed by atoms with van der Waals surface area (Å²) in [7, 11) is 0. The van der Waals surface area contributed by atoms with Gasteiger partial charge >= 0.3 is 0 Å². The number of carbonyl (C=O) groups excluding carboxylic acids is 1. The highest BCUT2D eigenvalue weighted by atomic mass is 79.9. The molecule has 0 spiro atoms. The summed E-state index contributed by atoms with van der Waals surface area (Å²) in [5, 5.41) is 5.24. The van der Waals surface area contributed by atoms with E-state index in [2.05, 4.69) is 58.3 Å². The van der Waals surface area contributed by atoms with E-state index in [9.17, 15) is 4.79 Å². The second-order valence-corrected chi connectivity index (χ2v) is 10.7. The molecule has 1 aliphatic rings. The van der Waals surface area contributed by atoms with E-state index in [1.165, 1.54) is 30.4 Å². The van der Waals surface area contributed by atoms with Crippen LogP contribution in [-0.2, 0) is 0 Å². The molecule has 176 valence electrons. The number of benzene rings is 2. The molecule has 2 aromatic carbocycles. The Kier molecular flexibility index (Phi) is 7.22. The SMILES string of the molecule is CC1=C(C/C=C(C)/C=N\NC(=O)c2[nH]c3ccc(Br)cc3c2-c2ccccc2)C(C)(C)CCC1. The van der Waals surface area contributed by atoms with Crippen molar-refractivity contribution in [2.45, 2.75) is 53.4 Å². The second kappa shape index (κ2) is 10.1. The lowest BCUT2D eigenvalue weighted by molar-refractivity contribution is 0.0951. The zero-order valence-electron chi connectivity index (χ0n) is 20.3. The van der Waals surface area contributed by atoms with Crippen molar-refractivity contribution in [1.82, 2.24) is 10.4 Å². The fourth-order valence-corrected chi connectivity index (χ4v) is 5.29. The molecule has 0 radical (unpaired) electrons. The molecule has 0 saturated heterocycles. The molecule has 4 nitrogen and oxygen atoms in total. The largest absolute Gasteiger partial charge is 0.350 e. The highest BCUT2D eigenvalue weighted by Crippen LogP contribution is 2.42. The molecular weight excluding hydrogens is 486 g/mol. The summed E-state index contributed by atoms with van der Waals surface area (Å²) in [6.07, 6.45) is 8.57. The molecule has 2 N–H and O–H groups in total. The zero-order chi connectivity index (χ0) is 24.3. The summed E-state index contributed by atoms with van der Waals surface area (Å²) in [4.78, 5) is 16.4. The average Bonchev–Trinajstić information content (AvgIpc) is 3.17. The summed E-state index contributed by atoms with van der Waals surface area (Å²) in [6, 6.07) is 15.9. The zero-order valence-corrected chi connectivity index (χ0v) is 21.9. The van der Waals surface area contributed by atoms with Crippen LogP contribution in [0.5, 0.6) is 0 Å². The number of aromatic nitrogens is 1. The van der Waals surface area contributed by atoms with Crippen molar-refractivity contribution in [3.05, 3.63) is 81.5 Å². The third-order valence-corrected chi connectivity index (χ3v) is 7.29. The van der Waals surface area contributed by atoms with Crippen LogP contribution in [0.3, 0.4) is 0 Å². The Morgan fingerprint density at radius 2 is 1.97 bits per heavy atom. The van der Waals surface area contributed by atoms with Crippen LogP contribution < -0.4 is 5.43 Å². The van der Waals surface area contributed by atoms with Crippen molar-refractivity contribution >= 4 is 39.0 Å². The maximum absolute atomic E-state index is 13.1. The van der Waals surface area contributed by atoms with Gasteiger partial charge in [0.05, 0.1) is 0 Å². The maximum atomic E-state index is 13.1. The molecule has 1 aliphatic carbocycles. The molecule has 1 aromatic heterocycles. The van der Waals surface area contributed by atoms with Crippen LogP contribution >= 0.6 is 15.9 Å². The monoisotopic (exact) mass is 517 g/mol. The van der Waals surface area contributed by atoms with Gasteiger partial charge in [-0.3, -0.25) is 4.79 Å². The number of nitrogens with one attached hydrogen (secondary N) is 2. The van der Waals surface area contributed by atoms with Crippen LogP contribution in [0.2, 0.25) is 0 Å². The predicted molar refractivity (Wildman–Crippen MR) is 146 cm³/mol. The number of fused-ring (bicyclic) bond motifs is 1. The molecule has 0 bridgehead atoms. The van der Waals surface area contributed by atoms with Crippen LogP contribution in [0.1, 0.15) is 63.9 Å². The number of hydrazone groups is 1. The lowest BCUT2D eigenvalue weighted by Crippen LogP contribution is -2.20. The Morgan fingerprint density at radius 3 is 2.71 bits per heavy atom. The van der Waals surface area contributed by atoms with Gasteiger partial charge in [-0.25, -0.2) is 5.43 Å². The minimum Gasteiger partial charge on any atom is -0.350 e. The first-order valence-electron chi connectivity index (χ1n) is 11.8. The number of allylic oxidation sites excluding steroid dienone is 4. The number of amides is 1. The van der Waals surface area contributed by atoms with E-state index >= 15 is 0 Å². The van der Waals surface area contributed by atoms with E-state index in [4.69, 9.17) is 0 Å². The van der Waals surface area contributed by atoms with Crippen LogP contribution in [0.15, 0.2) is 80.9 Å². The molecule has 34 heavy (non-hydrogen) atoms. The fourth-order valence-electron chi connectivity index (χ4n) is 4.93. The molecule has 5 heteroatoms. The Bertz CT molecular complexity index is 1300. The van der Waals surface area contributed by atoms with Gasteiger partial charge in [-0.15, -0.1) is 0 Å². The van der Waals surface area contributed by atoms with E-state index in [0.29, 0.717) is 5.69 Å². The minimum absolute atomic E-state index is 0.253. The number of H-pyrrole nitrogens is 1. The predicted octanol–water partition coefficient (Wildman–Crippen LogP) is 8.18. The number of carbonyl (C=O) groups is 1. The summed E-state index contributed by atoms with van der Waals surface area (Å²) in [5.74, 6) is -0.262. The third kappa shape index (κ3) is 5.25. The highest BCUT2D eigenvalue weighted by Gasteiger charge is 2.27. The summed E-state index contributed by atoms with van der Waals surface area (Å²) in [5.41, 5.74) is 10.3. The van der Waals surface area contributed by atoms with Crippen LogP contribution in [0.25, 0.3) is 22.0 Å². The Morgan fingerprint density at radius 1 is 1.21 bits per heavy atom. The highest BCUT2D eigenvalue weighted by molar-refractivity contribution is 9.10. The lowest BCUT2D eigenvalue weighted by atomic mass is 9.71. The standard InChI is InChI=1S/C29H32BrN3O/c1-19(12-14-24-20(2)9-8-16-29(24,3)4)18-31-33-28(34)27-26(21-10-6-5-7-11-21)23-17-22(30)13-15-25(23)32-27/h5-7,10-13,15,17-18,32H,8-9,14,16H2,1-4H3,(H,33,34)/b19-12+,31-18-. The number of halogens is 1. The maximum Gasteiger partial charge on any atom is 0.288 e. The second-order valence-electron chi connectivity index (χ2n) is 9.78. The van der Waals surface area contributed by atoms with E-state index in [1.807, 2.05) is 55.5 Å². The first-order chi connectivity index (χ1) is 16.3. The molecule has 0 atom stereocenters. The van der Waals surface area contributed by atoms with E-state index < -0.39 is 0 Å². The van der Waals surface area contributed by atoms with Crippen molar-refractivity contribution in [1.29, 1.82) is 0 Å². The molecule has 0 fully saturated rings. The van der Waals surface area contributed by atoms with Crippen LogP contribution in [0, 0.1) is 5.41 Å². The molecule has 1 heterocycles. The minimum atomic E-state index is -0.262. The van der Waals surface area contributed by atoms with Crippen LogP contribution in [-0.4, -0.2) is 17.1 Å². The summed E-state index contributed by atoms with van der Waals surface area (Å²) >= 11 is 3.55. The number of aromatic amines is 1. The number of hydrogen-bond donors (Lipinski definition) is 2. The van der Waals surface area contributed by atoms with Gasteiger partial charge in [-0.05, 0) is 74.3 Å². The van der Waals surface area contributed by atoms with Gasteiger partial charge in [0.25, 0.3) is 5.91 Å². The average molecular weight is 518 g/mol. The first-order valence-corrected chi connectivity index (χ1v) is 12.6. The first kappa shape index (κ1) is 24.2. The van der Waals surface area contributed by atoms with Crippen molar-refractivity contribution in [3.63, 3.8) is 0 Å². The number of hydrogen-bond acceptors (Lipinski definition) is 2. The van der Waals surface area contributed by atoms with Gasteiger partial charge in [-0.2, -0.15) is 5.10 Å². The van der Waals surface area contributed by atoms with Gasteiger partial charge in [0.15, 0.2) is 0 Å². The van der Waals surface area contributed by atoms with Gasteiger partial charge in [0.1, 0.15) is 5.69 Å². The molecule has 0 unspecified atom stereocenters. The number of rotatable bonds is 6. The third-order valence-electron chi connectivity index (χ3n) is 6.80. The van der Waals surface area contributed by atoms with Gasteiger partial charge in [0.2, 0.25) is 0 Å². The summed E-state index contributed by atoms with van der Waals surface area (Å²) in [6.45, 7) is 8.96. The van der Waals surface area contributed by atoms with Crippen molar-refractivity contribution < 1.29 is 4.79 Å². The lowest BCUT2D eigenvalue weighted by Gasteiger charge is -2.34. The van der Waals surface area contributed by atoms with Crippen molar-refractivity contribution in [2.75, 3.05) is 0 Å². The van der Waals surface area contributed by atoms with Gasteiger partial charge in [0, 0.05) is 27.2 Å². The Balaban J connectivity index is 1.53. The Hall–Kier alpha value is -2.92. The van der Waals surface area contributed by atoms with Gasteiger partial charge in [-0.1, -0.05) is 77.3 Å². The van der Waals surface area contributed by atoms with E-state index in [-0.39, 0.29) is 11.3 Å². The van der Waals surface area contributed by atoms with Crippen molar-refractivity contribution in [2.24, 2.45) is 10.5 Å². The smallest absolute Gasteiger partial charge is 0.288 e. The molecule has 1 amide bonds. The van der Waals surface area contributed by atoms with Crippen molar-refractivity contribution in [3.8, 4) is 11.1 Å². The fraction of sp³-hybridized carbons (Fsp3) is 0.310. The van der Waals surface area contributed by atoms with Crippen LogP contribution in [0.4, 0.5) is 0 Å². The molecular formula is C29H32BrN3O. The molecule has 0 aliphatic heterocycles. The molecule has 4 rings (SSSR count). The Labute approximate surface area is 210 Å². The van der Waals surface area contributed by atoms with E-state index in [1.54, 1.807) is 6.21 Å². The normalized spacial score (nSPS) is 16.4. The topological polar surface area (TPSA) is 57.2 Å². The van der Waals surface area contributed by atoms with Gasteiger partial charge < -0.3 is 4.98 Å². The molecule has 0 saturated carbocycles. The summed E-state index contributed by atoms with van der Waals surface area (Å²) < 4.78 is 0.966.